The van der Waals surface area contributed by atoms with Gasteiger partial charge >= 0.3 is 5.97 Å². The minimum Gasteiger partial charge on any atom is -0.493 e. The van der Waals surface area contributed by atoms with Gasteiger partial charge in [0.05, 0.1) is 39.5 Å². The number of aliphatic carboxylic acids is 1. The third-order valence-electron chi connectivity index (χ3n) is 5.23. The number of nitrogens with one attached hydrogen (secondary N) is 1. The number of pyridine rings is 1. The van der Waals surface area contributed by atoms with Crippen LogP contribution in [0.1, 0.15) is 33.9 Å². The van der Waals surface area contributed by atoms with Crippen LogP contribution in [0.25, 0.3) is 11.3 Å². The number of aromatic nitrogens is 1. The Kier molecular flexibility index (Phi) is 7.50. The summed E-state index contributed by atoms with van der Waals surface area (Å²) in [4.78, 5) is 28.9. The molecule has 3 rings (SSSR count). The van der Waals surface area contributed by atoms with E-state index in [4.69, 9.17) is 14.2 Å². The number of nitrogens with zero attached hydrogens (tertiary/aromatic N) is 1. The predicted octanol–water partition coefficient (Wildman–Crippen LogP) is 4.03. The summed E-state index contributed by atoms with van der Waals surface area (Å²) >= 11 is 0. The lowest BCUT2D eigenvalue weighted by atomic mass is 9.98. The molecule has 0 spiro atoms. The van der Waals surface area contributed by atoms with Gasteiger partial charge in [0.1, 0.15) is 0 Å². The van der Waals surface area contributed by atoms with Crippen LogP contribution in [-0.4, -0.2) is 43.3 Å². The number of rotatable bonds is 9. The van der Waals surface area contributed by atoms with Gasteiger partial charge in [-0.05, 0) is 42.3 Å². The van der Waals surface area contributed by atoms with Crippen LogP contribution in [0.2, 0.25) is 0 Å². The summed E-state index contributed by atoms with van der Waals surface area (Å²) in [6, 6.07) is 13.4. The largest absolute Gasteiger partial charge is 0.493 e. The average molecular weight is 450 g/mol. The first-order valence-electron chi connectivity index (χ1n) is 10.2. The number of carbonyl (C=O) groups is 2. The highest BCUT2D eigenvalue weighted by Gasteiger charge is 2.21. The Morgan fingerprint density at radius 2 is 1.67 bits per heavy atom. The van der Waals surface area contributed by atoms with E-state index in [0.717, 1.165) is 11.1 Å². The van der Waals surface area contributed by atoms with Crippen molar-refractivity contribution in [2.75, 3.05) is 21.3 Å². The molecule has 172 valence electrons. The molecule has 0 aliphatic carbocycles. The van der Waals surface area contributed by atoms with Crippen molar-refractivity contribution in [3.63, 3.8) is 0 Å². The number of hydrogen-bond donors (Lipinski definition) is 2. The highest BCUT2D eigenvalue weighted by molar-refractivity contribution is 5.95. The van der Waals surface area contributed by atoms with Crippen molar-refractivity contribution in [3.8, 4) is 28.5 Å². The van der Waals surface area contributed by atoms with E-state index >= 15 is 0 Å². The second-order valence-corrected chi connectivity index (χ2v) is 7.32. The molecule has 8 heteroatoms. The molecule has 0 saturated carbocycles. The maximum Gasteiger partial charge on any atom is 0.305 e. The Labute approximate surface area is 192 Å². The number of carboxylic acids is 1. The second-order valence-electron chi connectivity index (χ2n) is 7.32. The first-order valence-corrected chi connectivity index (χ1v) is 10.2. The highest BCUT2D eigenvalue weighted by Crippen LogP contribution is 2.40. The number of benzene rings is 2. The topological polar surface area (TPSA) is 107 Å². The van der Waals surface area contributed by atoms with E-state index in [2.05, 4.69) is 10.3 Å². The SMILES string of the molecule is COc1cc(-c2cc(C(=O)N[C@@H](CC(=O)O)c3ccccc3C)ccn2)cc(OC)c1OC. The summed E-state index contributed by atoms with van der Waals surface area (Å²) in [5, 5.41) is 12.2. The monoisotopic (exact) mass is 450 g/mol. The van der Waals surface area contributed by atoms with Crippen molar-refractivity contribution in [2.45, 2.75) is 19.4 Å². The van der Waals surface area contributed by atoms with Gasteiger partial charge in [-0.15, -0.1) is 0 Å². The number of hydrogen-bond acceptors (Lipinski definition) is 6. The Balaban J connectivity index is 1.93. The summed E-state index contributed by atoms with van der Waals surface area (Å²) < 4.78 is 16.2. The van der Waals surface area contributed by atoms with Crippen LogP contribution >= 0.6 is 0 Å². The molecular formula is C25H26N2O6. The zero-order valence-electron chi connectivity index (χ0n) is 18.9. The molecule has 8 nitrogen and oxygen atoms in total. The summed E-state index contributed by atoms with van der Waals surface area (Å²) in [6.07, 6.45) is 1.29. The molecule has 33 heavy (non-hydrogen) atoms. The summed E-state index contributed by atoms with van der Waals surface area (Å²) in [7, 11) is 4.56. The van der Waals surface area contributed by atoms with Crippen molar-refractivity contribution in [2.24, 2.45) is 0 Å². The van der Waals surface area contributed by atoms with Gasteiger partial charge in [-0.3, -0.25) is 14.6 Å². The van der Waals surface area contributed by atoms with E-state index in [1.807, 2.05) is 31.2 Å². The molecule has 0 radical (unpaired) electrons. The molecule has 0 fully saturated rings. The fourth-order valence-electron chi connectivity index (χ4n) is 3.59. The smallest absolute Gasteiger partial charge is 0.305 e. The van der Waals surface area contributed by atoms with E-state index in [1.165, 1.54) is 27.5 Å². The molecule has 0 unspecified atom stereocenters. The molecule has 1 aromatic heterocycles. The molecule has 1 atom stereocenters. The minimum absolute atomic E-state index is 0.235. The molecule has 0 saturated heterocycles. The van der Waals surface area contributed by atoms with Crippen LogP contribution in [0.5, 0.6) is 17.2 Å². The van der Waals surface area contributed by atoms with E-state index < -0.39 is 17.9 Å². The number of ether oxygens (including phenoxy) is 3. The van der Waals surface area contributed by atoms with Crippen LogP contribution in [0.15, 0.2) is 54.7 Å². The van der Waals surface area contributed by atoms with Crippen LogP contribution in [-0.2, 0) is 4.79 Å². The molecule has 2 aromatic carbocycles. The molecule has 0 aliphatic rings. The normalized spacial score (nSPS) is 11.4. The fourth-order valence-corrected chi connectivity index (χ4v) is 3.59. The van der Waals surface area contributed by atoms with Gasteiger partial charge in [0.25, 0.3) is 5.91 Å². The summed E-state index contributed by atoms with van der Waals surface area (Å²) in [5.74, 6) is -0.0291. The number of methoxy groups -OCH3 is 3. The Hall–Kier alpha value is -4.07. The third-order valence-corrected chi connectivity index (χ3v) is 5.23. The molecule has 0 aliphatic heterocycles. The van der Waals surface area contributed by atoms with E-state index in [-0.39, 0.29) is 6.42 Å². The minimum atomic E-state index is -1.00. The van der Waals surface area contributed by atoms with Crippen LogP contribution in [0.3, 0.4) is 0 Å². The second kappa shape index (κ2) is 10.5. The zero-order valence-corrected chi connectivity index (χ0v) is 18.9. The molecule has 2 N–H and O–H groups in total. The Bertz CT molecular complexity index is 1140. The highest BCUT2D eigenvalue weighted by atomic mass is 16.5. The van der Waals surface area contributed by atoms with Gasteiger partial charge in [0.15, 0.2) is 11.5 Å². The average Bonchev–Trinajstić information content (AvgIpc) is 2.82. The first kappa shape index (κ1) is 23.6. The number of aryl methyl sites for hydroxylation is 1. The lowest BCUT2D eigenvalue weighted by molar-refractivity contribution is -0.137. The standard InChI is InChI=1S/C25H26N2O6/c1-15-7-5-6-8-18(15)20(14-23(28)29)27-25(30)16-9-10-26-19(11-16)17-12-21(31-2)24(33-4)22(13-17)32-3/h5-13,20H,14H2,1-4H3,(H,27,30)(H,28,29)/t20-/m0/s1. The molecule has 1 amide bonds. The summed E-state index contributed by atoms with van der Waals surface area (Å²) in [6.45, 7) is 1.88. The molecule has 1 heterocycles. The van der Waals surface area contributed by atoms with Crippen LogP contribution in [0.4, 0.5) is 0 Å². The van der Waals surface area contributed by atoms with Crippen molar-refractivity contribution < 1.29 is 28.9 Å². The van der Waals surface area contributed by atoms with Crippen molar-refractivity contribution in [1.82, 2.24) is 10.3 Å². The zero-order chi connectivity index (χ0) is 24.0. The molecular weight excluding hydrogens is 424 g/mol. The van der Waals surface area contributed by atoms with E-state index in [1.54, 1.807) is 24.3 Å². The predicted molar refractivity (Wildman–Crippen MR) is 123 cm³/mol. The van der Waals surface area contributed by atoms with Crippen molar-refractivity contribution in [3.05, 3.63) is 71.4 Å². The number of carboxylic acid groups (broad SMARTS) is 1. The van der Waals surface area contributed by atoms with Crippen molar-refractivity contribution in [1.29, 1.82) is 0 Å². The first-order chi connectivity index (χ1) is 15.9. The van der Waals surface area contributed by atoms with E-state index in [0.29, 0.717) is 34.1 Å². The van der Waals surface area contributed by atoms with E-state index in [9.17, 15) is 14.7 Å². The molecule has 3 aromatic rings. The lowest BCUT2D eigenvalue weighted by Crippen LogP contribution is -2.30. The maximum atomic E-state index is 13.1. The van der Waals surface area contributed by atoms with Crippen molar-refractivity contribution >= 4 is 11.9 Å². The Morgan fingerprint density at radius 1 is 1.00 bits per heavy atom. The van der Waals surface area contributed by atoms with Gasteiger partial charge in [-0.1, -0.05) is 24.3 Å². The summed E-state index contributed by atoms with van der Waals surface area (Å²) in [5.41, 5.74) is 3.19. The van der Waals surface area contributed by atoms with Gasteiger partial charge in [-0.25, -0.2) is 0 Å². The van der Waals surface area contributed by atoms with Gasteiger partial charge in [0.2, 0.25) is 5.75 Å². The van der Waals surface area contributed by atoms with Crippen LogP contribution < -0.4 is 19.5 Å². The molecule has 0 bridgehead atoms. The number of carbonyl (C=O) groups excluding carboxylic acids is 1. The van der Waals surface area contributed by atoms with Gasteiger partial charge in [-0.2, -0.15) is 0 Å². The lowest BCUT2D eigenvalue weighted by Gasteiger charge is -2.19. The third kappa shape index (κ3) is 5.41. The Morgan fingerprint density at radius 3 is 2.24 bits per heavy atom. The maximum absolute atomic E-state index is 13.1. The van der Waals surface area contributed by atoms with Gasteiger partial charge in [0, 0.05) is 17.3 Å². The number of amides is 1. The van der Waals surface area contributed by atoms with Crippen LogP contribution in [0, 0.1) is 6.92 Å². The van der Waals surface area contributed by atoms with Gasteiger partial charge < -0.3 is 24.6 Å². The fraction of sp³-hybridized carbons (Fsp3) is 0.240. The quantitative estimate of drug-likeness (QED) is 0.507.